The summed E-state index contributed by atoms with van der Waals surface area (Å²) in [5.41, 5.74) is 6.51. The van der Waals surface area contributed by atoms with Crippen LogP contribution in [0.4, 0.5) is 5.69 Å². The van der Waals surface area contributed by atoms with Crippen LogP contribution in [0.25, 0.3) is 0 Å². The highest BCUT2D eigenvalue weighted by atomic mass is 16.5. The van der Waals surface area contributed by atoms with E-state index in [1.807, 2.05) is 6.92 Å². The second-order valence-corrected chi connectivity index (χ2v) is 4.46. The van der Waals surface area contributed by atoms with Gasteiger partial charge in [-0.25, -0.2) is 0 Å². The molecule has 6 heteroatoms. The summed E-state index contributed by atoms with van der Waals surface area (Å²) in [6.07, 6.45) is 0.856. The van der Waals surface area contributed by atoms with Crippen LogP contribution in [0.5, 0.6) is 5.75 Å². The van der Waals surface area contributed by atoms with Gasteiger partial charge in [-0.05, 0) is 18.6 Å². The van der Waals surface area contributed by atoms with Crippen LogP contribution in [0.3, 0.4) is 0 Å². The van der Waals surface area contributed by atoms with Gasteiger partial charge in [-0.2, -0.15) is 0 Å². The highest BCUT2D eigenvalue weighted by Gasteiger charge is 2.17. The Morgan fingerprint density at radius 3 is 2.65 bits per heavy atom. The number of nitrogens with one attached hydrogen (secondary N) is 1. The summed E-state index contributed by atoms with van der Waals surface area (Å²) in [6, 6.07) is 4.84. The van der Waals surface area contributed by atoms with E-state index in [2.05, 4.69) is 5.32 Å². The average Bonchev–Trinajstić information content (AvgIpc) is 2.44. The Kier molecular flexibility index (Phi) is 5.83. The SMILES string of the molecule is CCCNC(=O)CN(C)C(=O)c1ccc(OC)cc1N. The number of nitrogens with zero attached hydrogens (tertiary/aromatic N) is 1. The molecule has 0 radical (unpaired) electrons. The van der Waals surface area contributed by atoms with Crippen LogP contribution in [0.15, 0.2) is 18.2 Å². The number of amides is 2. The monoisotopic (exact) mass is 279 g/mol. The molecule has 0 aromatic heterocycles. The maximum Gasteiger partial charge on any atom is 0.256 e. The molecule has 0 aliphatic carbocycles. The highest BCUT2D eigenvalue weighted by molar-refractivity contribution is 6.00. The molecule has 20 heavy (non-hydrogen) atoms. The van der Waals surface area contributed by atoms with Gasteiger partial charge in [0.05, 0.1) is 19.2 Å². The standard InChI is InChI=1S/C14H21N3O3/c1-4-7-16-13(18)9-17(2)14(19)11-6-5-10(20-3)8-12(11)15/h5-6,8H,4,7,9,15H2,1-3H3,(H,16,18). The molecule has 0 aliphatic heterocycles. The van der Waals surface area contributed by atoms with Gasteiger partial charge in [0.1, 0.15) is 5.75 Å². The number of rotatable bonds is 6. The second-order valence-electron chi connectivity index (χ2n) is 4.46. The van der Waals surface area contributed by atoms with E-state index in [9.17, 15) is 9.59 Å². The first kappa shape index (κ1) is 15.8. The number of ether oxygens (including phenoxy) is 1. The summed E-state index contributed by atoms with van der Waals surface area (Å²) in [7, 11) is 3.10. The Morgan fingerprint density at radius 2 is 2.10 bits per heavy atom. The molecule has 0 saturated carbocycles. The van der Waals surface area contributed by atoms with E-state index in [1.54, 1.807) is 25.2 Å². The molecule has 0 saturated heterocycles. The second kappa shape index (κ2) is 7.37. The zero-order valence-corrected chi connectivity index (χ0v) is 12.1. The number of carbonyl (C=O) groups excluding carboxylic acids is 2. The van der Waals surface area contributed by atoms with Gasteiger partial charge < -0.3 is 20.7 Å². The van der Waals surface area contributed by atoms with Gasteiger partial charge in [0, 0.05) is 25.3 Å². The number of hydrogen-bond donors (Lipinski definition) is 2. The first-order chi connectivity index (χ1) is 9.49. The van der Waals surface area contributed by atoms with Crippen molar-refractivity contribution < 1.29 is 14.3 Å². The molecule has 1 aromatic rings. The van der Waals surface area contributed by atoms with Gasteiger partial charge in [0.25, 0.3) is 5.91 Å². The maximum atomic E-state index is 12.2. The Bertz CT molecular complexity index is 489. The van der Waals surface area contributed by atoms with Gasteiger partial charge in [-0.15, -0.1) is 0 Å². The zero-order valence-electron chi connectivity index (χ0n) is 12.1. The molecule has 0 unspecified atom stereocenters. The minimum absolute atomic E-state index is 0.00427. The fraction of sp³-hybridized carbons (Fsp3) is 0.429. The van der Waals surface area contributed by atoms with Gasteiger partial charge in [0.15, 0.2) is 0 Å². The Labute approximate surface area is 118 Å². The molecule has 0 fully saturated rings. The van der Waals surface area contributed by atoms with Crippen molar-refractivity contribution in [2.24, 2.45) is 0 Å². The molecule has 3 N–H and O–H groups in total. The predicted molar refractivity (Wildman–Crippen MR) is 77.7 cm³/mol. The molecule has 0 atom stereocenters. The fourth-order valence-corrected chi connectivity index (χ4v) is 1.68. The van der Waals surface area contributed by atoms with Crippen LogP contribution in [0, 0.1) is 0 Å². The smallest absolute Gasteiger partial charge is 0.256 e. The number of methoxy groups -OCH3 is 1. The van der Waals surface area contributed by atoms with Crippen LogP contribution in [-0.4, -0.2) is 44.0 Å². The average molecular weight is 279 g/mol. The molecule has 0 spiro atoms. The lowest BCUT2D eigenvalue weighted by molar-refractivity contribution is -0.121. The minimum Gasteiger partial charge on any atom is -0.497 e. The summed E-state index contributed by atoms with van der Waals surface area (Å²) in [4.78, 5) is 25.1. The molecule has 1 aromatic carbocycles. The fourth-order valence-electron chi connectivity index (χ4n) is 1.68. The van der Waals surface area contributed by atoms with Crippen molar-refractivity contribution in [2.45, 2.75) is 13.3 Å². The quantitative estimate of drug-likeness (QED) is 0.757. The Morgan fingerprint density at radius 1 is 1.40 bits per heavy atom. The Hall–Kier alpha value is -2.24. The van der Waals surface area contributed by atoms with Crippen molar-refractivity contribution in [3.63, 3.8) is 0 Å². The molecule has 2 amide bonds. The molecule has 6 nitrogen and oxygen atoms in total. The zero-order chi connectivity index (χ0) is 15.1. The van der Waals surface area contributed by atoms with Crippen molar-refractivity contribution in [1.82, 2.24) is 10.2 Å². The molecule has 0 heterocycles. The number of nitrogens with two attached hydrogens (primary N) is 1. The van der Waals surface area contributed by atoms with Gasteiger partial charge in [0.2, 0.25) is 5.91 Å². The molecule has 0 bridgehead atoms. The van der Waals surface area contributed by atoms with E-state index in [4.69, 9.17) is 10.5 Å². The maximum absolute atomic E-state index is 12.2. The third-order valence-electron chi connectivity index (χ3n) is 2.79. The number of anilines is 1. The van der Waals surface area contributed by atoms with Crippen LogP contribution < -0.4 is 15.8 Å². The summed E-state index contributed by atoms with van der Waals surface area (Å²) in [5, 5.41) is 2.72. The molecular formula is C14H21N3O3. The number of nitrogen functional groups attached to an aromatic ring is 1. The van der Waals surface area contributed by atoms with E-state index in [-0.39, 0.29) is 18.4 Å². The van der Waals surface area contributed by atoms with Crippen LogP contribution in [-0.2, 0) is 4.79 Å². The topological polar surface area (TPSA) is 84.7 Å². The number of hydrogen-bond acceptors (Lipinski definition) is 4. The number of likely N-dealkylation sites (N-methyl/N-ethyl adjacent to an activating group) is 1. The number of benzene rings is 1. The summed E-state index contributed by atoms with van der Waals surface area (Å²) in [5.74, 6) is 0.106. The van der Waals surface area contributed by atoms with Gasteiger partial charge in [-0.1, -0.05) is 6.92 Å². The van der Waals surface area contributed by atoms with Gasteiger partial charge in [-0.3, -0.25) is 9.59 Å². The summed E-state index contributed by atoms with van der Waals surface area (Å²) in [6.45, 7) is 2.57. The van der Waals surface area contributed by atoms with Gasteiger partial charge >= 0.3 is 0 Å². The van der Waals surface area contributed by atoms with Crippen molar-refractivity contribution in [1.29, 1.82) is 0 Å². The third-order valence-corrected chi connectivity index (χ3v) is 2.79. The molecule has 0 aliphatic rings. The van der Waals surface area contributed by atoms with E-state index in [1.165, 1.54) is 12.0 Å². The molecular weight excluding hydrogens is 258 g/mol. The van der Waals surface area contributed by atoms with E-state index >= 15 is 0 Å². The normalized spacial score (nSPS) is 9.95. The lowest BCUT2D eigenvalue weighted by atomic mass is 10.1. The summed E-state index contributed by atoms with van der Waals surface area (Å²) < 4.78 is 5.03. The van der Waals surface area contributed by atoms with Crippen LogP contribution in [0.2, 0.25) is 0 Å². The largest absolute Gasteiger partial charge is 0.497 e. The predicted octanol–water partition coefficient (Wildman–Crippen LogP) is 0.876. The van der Waals surface area contributed by atoms with Crippen LogP contribution >= 0.6 is 0 Å². The lowest BCUT2D eigenvalue weighted by Gasteiger charge is -2.18. The first-order valence-electron chi connectivity index (χ1n) is 6.45. The van der Waals surface area contributed by atoms with E-state index in [0.29, 0.717) is 23.5 Å². The van der Waals surface area contributed by atoms with Crippen molar-refractivity contribution in [2.75, 3.05) is 33.0 Å². The van der Waals surface area contributed by atoms with Crippen molar-refractivity contribution >= 4 is 17.5 Å². The third kappa shape index (κ3) is 4.15. The van der Waals surface area contributed by atoms with Crippen molar-refractivity contribution in [3.8, 4) is 5.75 Å². The van der Waals surface area contributed by atoms with Crippen LogP contribution in [0.1, 0.15) is 23.7 Å². The van der Waals surface area contributed by atoms with E-state index in [0.717, 1.165) is 6.42 Å². The summed E-state index contributed by atoms with van der Waals surface area (Å²) >= 11 is 0. The van der Waals surface area contributed by atoms with Crippen molar-refractivity contribution in [3.05, 3.63) is 23.8 Å². The highest BCUT2D eigenvalue weighted by Crippen LogP contribution is 2.20. The number of carbonyl (C=O) groups is 2. The van der Waals surface area contributed by atoms with E-state index < -0.39 is 0 Å². The molecule has 1 rings (SSSR count). The minimum atomic E-state index is -0.295. The molecule has 110 valence electrons. The first-order valence-corrected chi connectivity index (χ1v) is 6.45. The Balaban J connectivity index is 2.71. The lowest BCUT2D eigenvalue weighted by Crippen LogP contribution is -2.38.